The molecule has 0 aliphatic rings. The average molecular weight is 508 g/mol. The first kappa shape index (κ1) is 23.9. The number of halogens is 4. The van der Waals surface area contributed by atoms with E-state index in [9.17, 15) is 13.2 Å². The van der Waals surface area contributed by atoms with Gasteiger partial charge in [-0.05, 0) is 74.0 Å². The van der Waals surface area contributed by atoms with E-state index in [1.807, 2.05) is 31.2 Å². The Kier molecular flexibility index (Phi) is 6.18. The SMILES string of the molecule is Cc1cccc(COc2ccc(-c3cc(C(F)(F)F)c4c(C)nn(-c5ccc(Cl)cc5)c4n3)cc2)c1. The van der Waals surface area contributed by atoms with Gasteiger partial charge in [0, 0.05) is 10.6 Å². The molecule has 0 aliphatic heterocycles. The fraction of sp³-hybridized carbons (Fsp3) is 0.143. The number of fused-ring (bicyclic) bond motifs is 1. The summed E-state index contributed by atoms with van der Waals surface area (Å²) >= 11 is 5.99. The highest BCUT2D eigenvalue weighted by atomic mass is 35.5. The third kappa shape index (κ3) is 4.79. The molecular formula is C28H21ClF3N3O. The molecule has 4 nitrogen and oxygen atoms in total. The summed E-state index contributed by atoms with van der Waals surface area (Å²) in [5.74, 6) is 0.611. The number of rotatable bonds is 5. The zero-order valence-electron chi connectivity index (χ0n) is 19.5. The topological polar surface area (TPSA) is 39.9 Å². The maximum absolute atomic E-state index is 14.1. The molecule has 0 bridgehead atoms. The van der Waals surface area contributed by atoms with Crippen LogP contribution in [0.3, 0.4) is 0 Å². The van der Waals surface area contributed by atoms with Gasteiger partial charge in [-0.25, -0.2) is 9.67 Å². The van der Waals surface area contributed by atoms with E-state index in [0.717, 1.165) is 17.2 Å². The van der Waals surface area contributed by atoms with Gasteiger partial charge in [-0.1, -0.05) is 41.4 Å². The van der Waals surface area contributed by atoms with Crippen molar-refractivity contribution in [1.82, 2.24) is 14.8 Å². The first-order valence-electron chi connectivity index (χ1n) is 11.2. The van der Waals surface area contributed by atoms with Gasteiger partial charge in [-0.3, -0.25) is 0 Å². The van der Waals surface area contributed by atoms with Gasteiger partial charge in [0.05, 0.1) is 28.0 Å². The van der Waals surface area contributed by atoms with Crippen LogP contribution in [0.5, 0.6) is 5.75 Å². The normalized spacial score (nSPS) is 11.7. The molecule has 3 aromatic carbocycles. The zero-order valence-corrected chi connectivity index (χ0v) is 20.2. The summed E-state index contributed by atoms with van der Waals surface area (Å²) in [7, 11) is 0. The van der Waals surface area contributed by atoms with Crippen molar-refractivity contribution in [2.24, 2.45) is 0 Å². The van der Waals surface area contributed by atoms with Crippen LogP contribution in [0.4, 0.5) is 13.2 Å². The van der Waals surface area contributed by atoms with Gasteiger partial charge in [0.25, 0.3) is 0 Å². The standard InChI is InChI=1S/C28H21ClF3N3O/c1-17-4-3-5-19(14-17)16-36-23-12-6-20(7-13-23)25-15-24(28(30,31)32)26-18(2)34-35(27(26)33-25)22-10-8-21(29)9-11-22/h3-15H,16H2,1-2H3. The largest absolute Gasteiger partial charge is 0.489 e. The van der Waals surface area contributed by atoms with Gasteiger partial charge in [-0.15, -0.1) is 0 Å². The first-order chi connectivity index (χ1) is 17.2. The lowest BCUT2D eigenvalue weighted by molar-refractivity contribution is -0.136. The average Bonchev–Trinajstić information content (AvgIpc) is 3.19. The minimum atomic E-state index is -4.58. The molecule has 8 heteroatoms. The van der Waals surface area contributed by atoms with Crippen LogP contribution in [0, 0.1) is 13.8 Å². The molecule has 0 amide bonds. The Balaban J connectivity index is 1.54. The molecule has 0 atom stereocenters. The van der Waals surface area contributed by atoms with E-state index in [1.165, 1.54) is 4.68 Å². The molecule has 0 fully saturated rings. The molecule has 0 unspecified atom stereocenters. The number of hydrogen-bond donors (Lipinski definition) is 0. The molecule has 2 aromatic heterocycles. The first-order valence-corrected chi connectivity index (χ1v) is 11.6. The highest BCUT2D eigenvalue weighted by Crippen LogP contribution is 2.39. The van der Waals surface area contributed by atoms with E-state index in [4.69, 9.17) is 16.3 Å². The van der Waals surface area contributed by atoms with Crippen molar-refractivity contribution in [3.63, 3.8) is 0 Å². The van der Waals surface area contributed by atoms with Crippen LogP contribution in [-0.4, -0.2) is 14.8 Å². The fourth-order valence-electron chi connectivity index (χ4n) is 4.11. The van der Waals surface area contributed by atoms with Crippen LogP contribution in [-0.2, 0) is 12.8 Å². The van der Waals surface area contributed by atoms with Crippen molar-refractivity contribution in [3.05, 3.63) is 106 Å². The Morgan fingerprint density at radius 1 is 0.917 bits per heavy atom. The van der Waals surface area contributed by atoms with E-state index in [-0.39, 0.29) is 22.4 Å². The van der Waals surface area contributed by atoms with Crippen molar-refractivity contribution < 1.29 is 17.9 Å². The van der Waals surface area contributed by atoms with Crippen molar-refractivity contribution in [3.8, 4) is 22.7 Å². The van der Waals surface area contributed by atoms with Gasteiger partial charge >= 0.3 is 6.18 Å². The Hall–Kier alpha value is -3.84. The number of benzene rings is 3. The maximum atomic E-state index is 14.1. The summed E-state index contributed by atoms with van der Waals surface area (Å²) in [4.78, 5) is 4.60. The highest BCUT2D eigenvalue weighted by Gasteiger charge is 2.35. The minimum absolute atomic E-state index is 0.0284. The second kappa shape index (κ2) is 9.32. The summed E-state index contributed by atoms with van der Waals surface area (Å²) < 4.78 is 49.6. The van der Waals surface area contributed by atoms with E-state index >= 15 is 0 Å². The number of ether oxygens (including phenoxy) is 1. The lowest BCUT2D eigenvalue weighted by Crippen LogP contribution is -2.08. The quantitative estimate of drug-likeness (QED) is 0.242. The molecule has 5 aromatic rings. The lowest BCUT2D eigenvalue weighted by atomic mass is 10.0. The Labute approximate surface area is 210 Å². The van der Waals surface area contributed by atoms with E-state index in [2.05, 4.69) is 10.1 Å². The Morgan fingerprint density at radius 3 is 2.31 bits per heavy atom. The van der Waals surface area contributed by atoms with E-state index in [0.29, 0.717) is 28.6 Å². The Bertz CT molecular complexity index is 1540. The molecule has 0 aliphatic carbocycles. The third-order valence-electron chi connectivity index (χ3n) is 5.83. The van der Waals surface area contributed by atoms with Crippen LogP contribution in [0.1, 0.15) is 22.4 Å². The number of alkyl halides is 3. The minimum Gasteiger partial charge on any atom is -0.489 e. The summed E-state index contributed by atoms with van der Waals surface area (Å²) in [6, 6.07) is 22.6. The highest BCUT2D eigenvalue weighted by molar-refractivity contribution is 6.30. The van der Waals surface area contributed by atoms with Gasteiger partial charge in [0.2, 0.25) is 0 Å². The van der Waals surface area contributed by atoms with E-state index in [1.54, 1.807) is 55.5 Å². The Morgan fingerprint density at radius 2 is 1.64 bits per heavy atom. The van der Waals surface area contributed by atoms with Crippen molar-refractivity contribution in [2.75, 3.05) is 0 Å². The van der Waals surface area contributed by atoms with Crippen LogP contribution in [0.15, 0.2) is 78.9 Å². The lowest BCUT2D eigenvalue weighted by Gasteiger charge is -2.12. The summed E-state index contributed by atoms with van der Waals surface area (Å²) in [6.45, 7) is 3.95. The molecule has 2 heterocycles. The molecule has 0 saturated heterocycles. The van der Waals surface area contributed by atoms with Gasteiger partial charge in [0.15, 0.2) is 5.65 Å². The number of hydrogen-bond acceptors (Lipinski definition) is 3. The number of aromatic nitrogens is 3. The molecule has 0 N–H and O–H groups in total. The third-order valence-corrected chi connectivity index (χ3v) is 6.08. The fourth-order valence-corrected chi connectivity index (χ4v) is 4.24. The molecular weight excluding hydrogens is 487 g/mol. The molecule has 0 saturated carbocycles. The van der Waals surface area contributed by atoms with Crippen molar-refractivity contribution >= 4 is 22.6 Å². The monoisotopic (exact) mass is 507 g/mol. The second-order valence-electron chi connectivity index (χ2n) is 8.53. The van der Waals surface area contributed by atoms with Gasteiger partial charge in [0.1, 0.15) is 12.4 Å². The number of aryl methyl sites for hydroxylation is 2. The number of nitrogens with zero attached hydrogens (tertiary/aromatic N) is 3. The maximum Gasteiger partial charge on any atom is 0.417 e. The van der Waals surface area contributed by atoms with Crippen LogP contribution in [0.25, 0.3) is 28.0 Å². The molecule has 0 spiro atoms. The molecule has 182 valence electrons. The van der Waals surface area contributed by atoms with Crippen LogP contribution >= 0.6 is 11.6 Å². The molecule has 5 rings (SSSR count). The van der Waals surface area contributed by atoms with Crippen molar-refractivity contribution in [2.45, 2.75) is 26.6 Å². The molecule has 36 heavy (non-hydrogen) atoms. The van der Waals surface area contributed by atoms with Crippen LogP contribution < -0.4 is 4.74 Å². The second-order valence-corrected chi connectivity index (χ2v) is 8.96. The predicted molar refractivity (Wildman–Crippen MR) is 135 cm³/mol. The summed E-state index contributed by atoms with van der Waals surface area (Å²) in [5.41, 5.74) is 3.05. The predicted octanol–water partition coefficient (Wildman–Crippen LogP) is 7.96. The van der Waals surface area contributed by atoms with Crippen LogP contribution in [0.2, 0.25) is 5.02 Å². The number of pyridine rings is 1. The summed E-state index contributed by atoms with van der Waals surface area (Å²) in [6.07, 6.45) is -4.58. The van der Waals surface area contributed by atoms with Gasteiger partial charge in [-0.2, -0.15) is 18.3 Å². The van der Waals surface area contributed by atoms with Gasteiger partial charge < -0.3 is 4.74 Å². The smallest absolute Gasteiger partial charge is 0.417 e. The zero-order chi connectivity index (χ0) is 25.4. The molecule has 0 radical (unpaired) electrons. The van der Waals surface area contributed by atoms with Crippen molar-refractivity contribution in [1.29, 1.82) is 0 Å². The summed E-state index contributed by atoms with van der Waals surface area (Å²) in [5, 5.41) is 4.85. The van der Waals surface area contributed by atoms with E-state index < -0.39 is 11.7 Å².